The van der Waals surface area contributed by atoms with Crippen molar-refractivity contribution in [2.75, 3.05) is 36.4 Å². The fourth-order valence-electron chi connectivity index (χ4n) is 4.59. The van der Waals surface area contributed by atoms with E-state index in [9.17, 15) is 23.1 Å². The van der Waals surface area contributed by atoms with Gasteiger partial charge in [0.05, 0.1) is 17.0 Å². The van der Waals surface area contributed by atoms with E-state index >= 15 is 0 Å². The predicted molar refractivity (Wildman–Crippen MR) is 143 cm³/mol. The number of H-pyrrole nitrogens is 1. The average Bonchev–Trinajstić information content (AvgIpc) is 3.39. The molecule has 2 aromatic heterocycles. The molecule has 1 amide bonds. The van der Waals surface area contributed by atoms with Crippen LogP contribution in [0.25, 0.3) is 22.5 Å². The number of benzene rings is 2. The summed E-state index contributed by atoms with van der Waals surface area (Å²) < 4.78 is 40.5. The van der Waals surface area contributed by atoms with Crippen LogP contribution >= 0.6 is 0 Å². The van der Waals surface area contributed by atoms with Gasteiger partial charge in [0.25, 0.3) is 0 Å². The Morgan fingerprint density at radius 2 is 1.74 bits per heavy atom. The predicted octanol–water partition coefficient (Wildman–Crippen LogP) is 6.13. The van der Waals surface area contributed by atoms with Gasteiger partial charge in [-0.3, -0.25) is 0 Å². The van der Waals surface area contributed by atoms with Crippen LogP contribution in [0.15, 0.2) is 72.9 Å². The number of amides is 1. The molecule has 0 radical (unpaired) electrons. The Morgan fingerprint density at radius 1 is 1.00 bits per heavy atom. The van der Waals surface area contributed by atoms with E-state index in [1.807, 2.05) is 48.2 Å². The van der Waals surface area contributed by atoms with Gasteiger partial charge in [0.2, 0.25) is 5.95 Å². The molecule has 0 aliphatic carbocycles. The van der Waals surface area contributed by atoms with Gasteiger partial charge in [-0.2, -0.15) is 13.2 Å². The van der Waals surface area contributed by atoms with Crippen molar-refractivity contribution in [2.24, 2.45) is 0 Å². The number of imidazole rings is 1. The van der Waals surface area contributed by atoms with Gasteiger partial charge in [0, 0.05) is 49.5 Å². The molecule has 1 saturated heterocycles. The average molecular weight is 537 g/mol. The summed E-state index contributed by atoms with van der Waals surface area (Å²) in [6.45, 7) is 3.41. The third-order valence-electron chi connectivity index (χ3n) is 6.72. The molecule has 1 unspecified atom stereocenters. The summed E-state index contributed by atoms with van der Waals surface area (Å²) in [5.41, 5.74) is 2.24. The second-order valence-corrected chi connectivity index (χ2v) is 9.33. The van der Waals surface area contributed by atoms with Gasteiger partial charge in [-0.05, 0) is 36.8 Å². The zero-order valence-electron chi connectivity index (χ0n) is 21.1. The molecule has 11 heteroatoms. The van der Waals surface area contributed by atoms with Crippen molar-refractivity contribution < 1.29 is 23.1 Å². The lowest BCUT2D eigenvalue weighted by Crippen LogP contribution is -2.48. The summed E-state index contributed by atoms with van der Waals surface area (Å²) in [4.78, 5) is 27.0. The molecule has 0 spiro atoms. The summed E-state index contributed by atoms with van der Waals surface area (Å²) in [6, 6.07) is 18.5. The Bertz CT molecular complexity index is 1450. The first-order valence-electron chi connectivity index (χ1n) is 12.5. The molecular weight excluding hydrogens is 509 g/mol. The molecule has 1 fully saturated rings. The maximum Gasteiger partial charge on any atom is 0.416 e. The maximum atomic E-state index is 13.5. The minimum Gasteiger partial charge on any atom is -0.465 e. The fourth-order valence-corrected chi connectivity index (χ4v) is 4.59. The highest BCUT2D eigenvalue weighted by Crippen LogP contribution is 2.37. The van der Waals surface area contributed by atoms with E-state index in [0.29, 0.717) is 60.5 Å². The molecule has 0 bridgehead atoms. The highest BCUT2D eigenvalue weighted by Gasteiger charge is 2.31. The number of hydrogen-bond acceptors (Lipinski definition) is 5. The van der Waals surface area contributed by atoms with Crippen LogP contribution < -0.4 is 10.2 Å². The number of pyridine rings is 1. The van der Waals surface area contributed by atoms with Crippen molar-refractivity contribution in [3.05, 3.63) is 84.1 Å². The van der Waals surface area contributed by atoms with Crippen LogP contribution in [0, 0.1) is 0 Å². The van der Waals surface area contributed by atoms with Gasteiger partial charge >= 0.3 is 12.3 Å². The Balaban J connectivity index is 1.51. The van der Waals surface area contributed by atoms with Crippen molar-refractivity contribution >= 4 is 17.9 Å². The van der Waals surface area contributed by atoms with Gasteiger partial charge in [0.15, 0.2) is 0 Å². The van der Waals surface area contributed by atoms with E-state index in [1.165, 1.54) is 11.0 Å². The second kappa shape index (κ2) is 10.7. The highest BCUT2D eigenvalue weighted by molar-refractivity contribution is 5.81. The van der Waals surface area contributed by atoms with Crippen LogP contribution in [0.5, 0.6) is 0 Å². The number of carboxylic acid groups (broad SMARTS) is 1. The number of piperazine rings is 1. The number of aromatic amines is 1. The smallest absolute Gasteiger partial charge is 0.416 e. The van der Waals surface area contributed by atoms with Crippen LogP contribution in [-0.4, -0.2) is 57.2 Å². The number of hydrogen-bond donors (Lipinski definition) is 3. The first-order valence-corrected chi connectivity index (χ1v) is 12.5. The number of anilines is 2. The third-order valence-corrected chi connectivity index (χ3v) is 6.72. The molecule has 202 valence electrons. The van der Waals surface area contributed by atoms with Crippen LogP contribution in [0.4, 0.5) is 29.7 Å². The van der Waals surface area contributed by atoms with E-state index in [-0.39, 0.29) is 6.04 Å². The number of carbonyl (C=O) groups is 1. The summed E-state index contributed by atoms with van der Waals surface area (Å²) in [7, 11) is 0. The van der Waals surface area contributed by atoms with Gasteiger partial charge in [-0.1, -0.05) is 42.5 Å². The van der Waals surface area contributed by atoms with Crippen molar-refractivity contribution in [1.82, 2.24) is 19.9 Å². The van der Waals surface area contributed by atoms with Crippen molar-refractivity contribution in [3.63, 3.8) is 0 Å². The molecule has 3 heterocycles. The third kappa shape index (κ3) is 5.82. The van der Waals surface area contributed by atoms with Crippen LogP contribution in [-0.2, 0) is 6.18 Å². The summed E-state index contributed by atoms with van der Waals surface area (Å²) in [6.07, 6.45) is -3.85. The zero-order valence-corrected chi connectivity index (χ0v) is 21.1. The van der Waals surface area contributed by atoms with Gasteiger partial charge in [-0.15, -0.1) is 0 Å². The second-order valence-electron chi connectivity index (χ2n) is 9.33. The van der Waals surface area contributed by atoms with Gasteiger partial charge < -0.3 is 25.2 Å². The fraction of sp³-hybridized carbons (Fsp3) is 0.250. The first kappa shape index (κ1) is 26.1. The molecule has 39 heavy (non-hydrogen) atoms. The quantitative estimate of drug-likeness (QED) is 0.274. The lowest BCUT2D eigenvalue weighted by atomic mass is 10.0. The molecule has 0 saturated carbocycles. The molecular formula is C28H27F3N6O2. The summed E-state index contributed by atoms with van der Waals surface area (Å²) >= 11 is 0. The minimum atomic E-state index is -4.50. The van der Waals surface area contributed by atoms with E-state index in [1.54, 1.807) is 18.3 Å². The van der Waals surface area contributed by atoms with Crippen molar-refractivity contribution in [1.29, 1.82) is 0 Å². The minimum absolute atomic E-state index is 0.0280. The molecule has 1 atom stereocenters. The normalized spacial score (nSPS) is 14.8. The molecule has 8 nitrogen and oxygen atoms in total. The Hall–Kier alpha value is -4.54. The molecule has 3 N–H and O–H groups in total. The number of nitrogens with zero attached hydrogens (tertiary/aromatic N) is 4. The van der Waals surface area contributed by atoms with E-state index < -0.39 is 17.8 Å². The largest absolute Gasteiger partial charge is 0.465 e. The lowest BCUT2D eigenvalue weighted by molar-refractivity contribution is -0.137. The SMILES string of the molecule is CC(Nc1cc(-c2[nH]c(N3CCN(C(=O)O)CC3)nc2-c2cccc(C(F)(F)F)c2)ccn1)c1ccccc1. The first-order chi connectivity index (χ1) is 18.7. The Labute approximate surface area is 223 Å². The molecule has 2 aromatic carbocycles. The van der Waals surface area contributed by atoms with E-state index in [2.05, 4.69) is 15.3 Å². The van der Waals surface area contributed by atoms with Gasteiger partial charge in [-0.25, -0.2) is 14.8 Å². The molecule has 4 aromatic rings. The Kier molecular flexibility index (Phi) is 7.14. The lowest BCUT2D eigenvalue weighted by Gasteiger charge is -2.32. The van der Waals surface area contributed by atoms with Crippen molar-refractivity contribution in [2.45, 2.75) is 19.1 Å². The molecule has 1 aliphatic heterocycles. The number of alkyl halides is 3. The van der Waals surface area contributed by atoms with E-state index in [0.717, 1.165) is 17.7 Å². The number of halogens is 3. The molecule has 1 aliphatic rings. The number of nitrogens with one attached hydrogen (secondary N) is 2. The zero-order chi connectivity index (χ0) is 27.6. The maximum absolute atomic E-state index is 13.5. The van der Waals surface area contributed by atoms with Crippen molar-refractivity contribution in [3.8, 4) is 22.5 Å². The van der Waals surface area contributed by atoms with Gasteiger partial charge in [0.1, 0.15) is 5.82 Å². The topological polar surface area (TPSA) is 97.4 Å². The standard InChI is InChI=1S/C28H27F3N6O2/c1-18(19-6-3-2-4-7-19)33-23-17-21(10-11-32-23)25-24(20-8-5-9-22(16-20)28(29,30)31)34-26(35-25)36-12-14-37(15-13-36)27(38)39/h2-11,16-18H,12-15H2,1H3,(H,32,33)(H,34,35)(H,38,39). The summed E-state index contributed by atoms with van der Waals surface area (Å²) in [5.74, 6) is 1.07. The summed E-state index contributed by atoms with van der Waals surface area (Å²) in [5, 5.41) is 12.7. The number of rotatable bonds is 6. The van der Waals surface area contributed by atoms with Crippen LogP contribution in [0.2, 0.25) is 0 Å². The monoisotopic (exact) mass is 536 g/mol. The van der Waals surface area contributed by atoms with Crippen LogP contribution in [0.1, 0.15) is 24.1 Å². The number of aromatic nitrogens is 3. The Morgan fingerprint density at radius 3 is 2.44 bits per heavy atom. The highest BCUT2D eigenvalue weighted by atomic mass is 19.4. The van der Waals surface area contributed by atoms with E-state index in [4.69, 9.17) is 4.98 Å². The van der Waals surface area contributed by atoms with Crippen LogP contribution in [0.3, 0.4) is 0 Å². The molecule has 5 rings (SSSR count).